The van der Waals surface area contributed by atoms with Gasteiger partial charge in [0.2, 0.25) is 0 Å². The molecule has 0 radical (unpaired) electrons. The third-order valence-corrected chi connectivity index (χ3v) is 4.10. The number of aryl methyl sites for hydroxylation is 2. The van der Waals surface area contributed by atoms with Gasteiger partial charge in [0.25, 0.3) is 0 Å². The first-order chi connectivity index (χ1) is 12.2. The molecule has 0 aliphatic heterocycles. The normalized spacial score (nSPS) is 13.1. The number of carboxylic acids is 1. The van der Waals surface area contributed by atoms with Gasteiger partial charge >= 0.3 is 5.97 Å². The summed E-state index contributed by atoms with van der Waals surface area (Å²) in [6, 6.07) is 11.7. The summed E-state index contributed by atoms with van der Waals surface area (Å²) < 4.78 is 7.49. The van der Waals surface area contributed by atoms with Crippen LogP contribution in [0.4, 0.5) is 0 Å². The van der Waals surface area contributed by atoms with Gasteiger partial charge in [0.15, 0.2) is 11.8 Å². The van der Waals surface area contributed by atoms with Crippen molar-refractivity contribution in [1.29, 1.82) is 0 Å². The number of nitrogens with zero attached hydrogens (tertiary/aromatic N) is 3. The van der Waals surface area contributed by atoms with Crippen LogP contribution in [0.15, 0.2) is 36.4 Å². The smallest absolute Gasteiger partial charge is 0.337 e. The maximum absolute atomic E-state index is 11.9. The molecule has 0 aliphatic rings. The first kappa shape index (κ1) is 18.1. The second kappa shape index (κ2) is 6.53. The second-order valence-electron chi connectivity index (χ2n) is 7.31. The van der Waals surface area contributed by atoms with Crippen LogP contribution in [0.1, 0.15) is 43.8 Å². The highest BCUT2D eigenvalue weighted by atomic mass is 16.5. The standard InChI is InChI=1S/C20H23N3O3/c1-12-17(18(19(24)25)26-20(3,4)5)13(2)23-16(21-12)11-15(22-23)14-9-7-6-8-10-14/h6-11,18H,1-5H3,(H,24,25). The van der Waals surface area contributed by atoms with Crippen LogP contribution >= 0.6 is 0 Å². The molecule has 0 fully saturated rings. The van der Waals surface area contributed by atoms with Gasteiger partial charge in [-0.1, -0.05) is 30.3 Å². The van der Waals surface area contributed by atoms with Crippen molar-refractivity contribution in [3.63, 3.8) is 0 Å². The molecule has 0 saturated carbocycles. The molecule has 1 unspecified atom stereocenters. The Kier molecular flexibility index (Phi) is 4.54. The summed E-state index contributed by atoms with van der Waals surface area (Å²) in [5.41, 5.74) is 3.75. The van der Waals surface area contributed by atoms with Gasteiger partial charge < -0.3 is 9.84 Å². The third-order valence-electron chi connectivity index (χ3n) is 4.10. The molecule has 136 valence electrons. The van der Waals surface area contributed by atoms with Gasteiger partial charge in [0.1, 0.15) is 0 Å². The van der Waals surface area contributed by atoms with Crippen molar-refractivity contribution in [1.82, 2.24) is 14.6 Å². The number of hydrogen-bond donors (Lipinski definition) is 1. The quantitative estimate of drug-likeness (QED) is 0.768. The summed E-state index contributed by atoms with van der Waals surface area (Å²) in [4.78, 5) is 16.4. The Hall–Kier alpha value is -2.73. The highest BCUT2D eigenvalue weighted by Gasteiger charge is 2.31. The lowest BCUT2D eigenvalue weighted by molar-refractivity contribution is -0.160. The summed E-state index contributed by atoms with van der Waals surface area (Å²) in [6.45, 7) is 9.16. The molecular weight excluding hydrogens is 330 g/mol. The van der Waals surface area contributed by atoms with Crippen molar-refractivity contribution in [2.24, 2.45) is 0 Å². The van der Waals surface area contributed by atoms with E-state index in [1.807, 2.05) is 64.1 Å². The zero-order chi connectivity index (χ0) is 19.1. The van der Waals surface area contributed by atoms with Crippen molar-refractivity contribution in [3.8, 4) is 11.3 Å². The van der Waals surface area contributed by atoms with Crippen molar-refractivity contribution >= 4 is 11.6 Å². The van der Waals surface area contributed by atoms with Crippen molar-refractivity contribution in [2.75, 3.05) is 0 Å². The number of benzene rings is 1. The Morgan fingerprint density at radius 2 is 1.85 bits per heavy atom. The predicted molar refractivity (Wildman–Crippen MR) is 99.1 cm³/mol. The number of carbonyl (C=O) groups is 1. The highest BCUT2D eigenvalue weighted by Crippen LogP contribution is 2.30. The predicted octanol–water partition coefficient (Wildman–Crippen LogP) is 3.95. The minimum Gasteiger partial charge on any atom is -0.479 e. The molecule has 1 N–H and O–H groups in total. The average molecular weight is 353 g/mol. The molecule has 3 rings (SSSR count). The first-order valence-electron chi connectivity index (χ1n) is 8.50. The minimum absolute atomic E-state index is 0.544. The van der Waals surface area contributed by atoms with E-state index in [9.17, 15) is 9.90 Å². The summed E-state index contributed by atoms with van der Waals surface area (Å²) in [7, 11) is 0. The van der Waals surface area contributed by atoms with Crippen LogP contribution in [0.5, 0.6) is 0 Å². The maximum atomic E-state index is 11.9. The van der Waals surface area contributed by atoms with Crippen LogP contribution in [0.2, 0.25) is 0 Å². The molecule has 2 heterocycles. The van der Waals surface area contributed by atoms with Crippen LogP contribution in [0, 0.1) is 13.8 Å². The maximum Gasteiger partial charge on any atom is 0.337 e. The largest absolute Gasteiger partial charge is 0.479 e. The first-order valence-corrected chi connectivity index (χ1v) is 8.50. The van der Waals surface area contributed by atoms with Gasteiger partial charge in [-0.3, -0.25) is 0 Å². The fraction of sp³-hybridized carbons (Fsp3) is 0.350. The molecule has 2 aromatic heterocycles. The SMILES string of the molecule is Cc1nc2cc(-c3ccccc3)nn2c(C)c1C(OC(C)(C)C)C(=O)O. The average Bonchev–Trinajstić information content (AvgIpc) is 2.97. The summed E-state index contributed by atoms with van der Waals surface area (Å²) in [5.74, 6) is -1.04. The fourth-order valence-electron chi connectivity index (χ4n) is 3.02. The van der Waals surface area contributed by atoms with Gasteiger partial charge in [0.05, 0.1) is 11.3 Å². The fourth-order valence-corrected chi connectivity index (χ4v) is 3.02. The van der Waals surface area contributed by atoms with E-state index in [2.05, 4.69) is 10.1 Å². The number of aliphatic carboxylic acids is 1. The lowest BCUT2D eigenvalue weighted by Crippen LogP contribution is -2.29. The van der Waals surface area contributed by atoms with Crippen molar-refractivity contribution < 1.29 is 14.6 Å². The Labute approximate surface area is 152 Å². The van der Waals surface area contributed by atoms with Crippen LogP contribution in [0.25, 0.3) is 16.9 Å². The molecule has 1 atom stereocenters. The second-order valence-corrected chi connectivity index (χ2v) is 7.31. The van der Waals surface area contributed by atoms with E-state index in [1.165, 1.54) is 0 Å². The highest BCUT2D eigenvalue weighted by molar-refractivity contribution is 5.75. The Balaban J connectivity index is 2.16. The minimum atomic E-state index is -1.10. The molecule has 0 aliphatic carbocycles. The van der Waals surface area contributed by atoms with E-state index in [0.29, 0.717) is 22.6 Å². The number of aromatic nitrogens is 3. The molecule has 6 heteroatoms. The van der Waals surface area contributed by atoms with E-state index in [-0.39, 0.29) is 0 Å². The van der Waals surface area contributed by atoms with Crippen LogP contribution in [-0.2, 0) is 9.53 Å². The third kappa shape index (κ3) is 3.46. The molecule has 1 aromatic carbocycles. The molecule has 6 nitrogen and oxygen atoms in total. The zero-order valence-corrected chi connectivity index (χ0v) is 15.6. The number of hydrogen-bond acceptors (Lipinski definition) is 4. The zero-order valence-electron chi connectivity index (χ0n) is 15.6. The van der Waals surface area contributed by atoms with Gasteiger partial charge in [0, 0.05) is 28.6 Å². The Morgan fingerprint density at radius 3 is 2.42 bits per heavy atom. The van der Waals surface area contributed by atoms with Crippen LogP contribution < -0.4 is 0 Å². The molecular formula is C20H23N3O3. The number of carboxylic acid groups (broad SMARTS) is 1. The monoisotopic (exact) mass is 353 g/mol. The molecule has 0 bridgehead atoms. The van der Waals surface area contributed by atoms with Crippen LogP contribution in [0.3, 0.4) is 0 Å². The van der Waals surface area contributed by atoms with Crippen LogP contribution in [-0.4, -0.2) is 31.3 Å². The van der Waals surface area contributed by atoms with Crippen molar-refractivity contribution in [2.45, 2.75) is 46.3 Å². The van der Waals surface area contributed by atoms with Crippen molar-refractivity contribution in [3.05, 3.63) is 53.3 Å². The summed E-state index contributed by atoms with van der Waals surface area (Å²) in [6.07, 6.45) is -1.10. The molecule has 26 heavy (non-hydrogen) atoms. The number of ether oxygens (including phenoxy) is 1. The van der Waals surface area contributed by atoms with E-state index >= 15 is 0 Å². The Bertz CT molecular complexity index is 956. The molecule has 3 aromatic rings. The summed E-state index contributed by atoms with van der Waals surface area (Å²) in [5, 5.41) is 14.3. The van der Waals surface area contributed by atoms with Gasteiger partial charge in [-0.2, -0.15) is 5.10 Å². The van der Waals surface area contributed by atoms with Gasteiger partial charge in [-0.25, -0.2) is 14.3 Å². The van der Waals surface area contributed by atoms with Gasteiger partial charge in [-0.15, -0.1) is 0 Å². The molecule has 0 spiro atoms. The van der Waals surface area contributed by atoms with E-state index in [4.69, 9.17) is 4.74 Å². The van der Waals surface area contributed by atoms with E-state index in [0.717, 1.165) is 11.3 Å². The van der Waals surface area contributed by atoms with E-state index < -0.39 is 17.7 Å². The lowest BCUT2D eigenvalue weighted by Gasteiger charge is -2.26. The lowest BCUT2D eigenvalue weighted by atomic mass is 10.0. The van der Waals surface area contributed by atoms with E-state index in [1.54, 1.807) is 11.4 Å². The molecule has 0 amide bonds. The van der Waals surface area contributed by atoms with Gasteiger partial charge in [-0.05, 0) is 34.6 Å². The number of fused-ring (bicyclic) bond motifs is 1. The Morgan fingerprint density at radius 1 is 1.19 bits per heavy atom. The molecule has 0 saturated heterocycles. The topological polar surface area (TPSA) is 76.7 Å². The number of rotatable bonds is 4. The summed E-state index contributed by atoms with van der Waals surface area (Å²) >= 11 is 0.